The number of nitrogens with one attached hydrogen (secondary N) is 3. The maximum absolute atomic E-state index is 12.3. The van der Waals surface area contributed by atoms with Gasteiger partial charge < -0.3 is 16.0 Å². The first-order valence-corrected chi connectivity index (χ1v) is 8.08. The molecule has 0 saturated heterocycles. The van der Waals surface area contributed by atoms with Crippen LogP contribution in [0.1, 0.15) is 22.3 Å². The van der Waals surface area contributed by atoms with E-state index < -0.39 is 23.8 Å². The lowest BCUT2D eigenvalue weighted by Gasteiger charge is -2.14. The van der Waals surface area contributed by atoms with Crippen LogP contribution in [0.3, 0.4) is 0 Å². The van der Waals surface area contributed by atoms with Gasteiger partial charge in [0, 0.05) is 10.7 Å². The highest BCUT2D eigenvalue weighted by Gasteiger charge is 2.29. The molecule has 128 valence electrons. The molecular formula is C18H16ClN3O3. The number of carbonyl (C=O) groups excluding carboxylic acids is 3. The van der Waals surface area contributed by atoms with Crippen molar-refractivity contribution < 1.29 is 14.4 Å². The van der Waals surface area contributed by atoms with Crippen LogP contribution in [0.5, 0.6) is 0 Å². The summed E-state index contributed by atoms with van der Waals surface area (Å²) in [5, 5.41) is 8.46. The molecule has 0 saturated carbocycles. The van der Waals surface area contributed by atoms with Gasteiger partial charge in [0.2, 0.25) is 11.8 Å². The summed E-state index contributed by atoms with van der Waals surface area (Å²) >= 11 is 6.03. The fourth-order valence-corrected chi connectivity index (χ4v) is 2.70. The normalized spacial score (nSPS) is 16.3. The third kappa shape index (κ3) is 3.80. The Morgan fingerprint density at radius 1 is 1.20 bits per heavy atom. The number of benzene rings is 2. The second-order valence-corrected chi connectivity index (χ2v) is 6.18. The number of rotatable bonds is 3. The average molecular weight is 358 g/mol. The van der Waals surface area contributed by atoms with Gasteiger partial charge in [0.05, 0.1) is 17.7 Å². The highest BCUT2D eigenvalue weighted by atomic mass is 35.5. The lowest BCUT2D eigenvalue weighted by atomic mass is 10.1. The van der Waals surface area contributed by atoms with E-state index in [2.05, 4.69) is 16.0 Å². The fourth-order valence-electron chi connectivity index (χ4n) is 2.52. The van der Waals surface area contributed by atoms with Gasteiger partial charge in [-0.2, -0.15) is 0 Å². The molecule has 3 rings (SSSR count). The number of hydrogen-bond donors (Lipinski definition) is 3. The number of amides is 3. The molecular weight excluding hydrogens is 342 g/mol. The number of hydrogen-bond acceptors (Lipinski definition) is 3. The summed E-state index contributed by atoms with van der Waals surface area (Å²) in [5.41, 5.74) is 2.22. The van der Waals surface area contributed by atoms with Crippen molar-refractivity contribution in [2.75, 3.05) is 10.6 Å². The third-order valence-electron chi connectivity index (χ3n) is 3.90. The highest BCUT2D eigenvalue weighted by Crippen LogP contribution is 2.21. The summed E-state index contributed by atoms with van der Waals surface area (Å²) in [6.45, 7) is 1.86. The van der Waals surface area contributed by atoms with Crippen LogP contribution in [-0.2, 0) is 9.59 Å². The fraction of sp³-hybridized carbons (Fsp3) is 0.167. The minimum Gasteiger partial charge on any atom is -0.340 e. The van der Waals surface area contributed by atoms with Gasteiger partial charge in [0.1, 0.15) is 6.04 Å². The number of anilines is 2. The molecule has 6 nitrogen and oxygen atoms in total. The van der Waals surface area contributed by atoms with Crippen molar-refractivity contribution in [1.82, 2.24) is 5.32 Å². The third-order valence-corrected chi connectivity index (χ3v) is 4.30. The standard InChI is InChI=1S/C18H16ClN3O3/c1-10-6-7-11(8-13(10)19)20-16(23)9-15-18(25)21-14-5-3-2-4-12(14)17(24)22-15/h2-8,15H,9H2,1H3,(H,20,23)(H,21,25)(H,22,24)/t15-/m1/s1. The molecule has 0 spiro atoms. The molecule has 1 aliphatic heterocycles. The van der Waals surface area contributed by atoms with Crippen LogP contribution in [0.2, 0.25) is 5.02 Å². The Morgan fingerprint density at radius 3 is 2.72 bits per heavy atom. The van der Waals surface area contributed by atoms with E-state index in [0.717, 1.165) is 5.56 Å². The summed E-state index contributed by atoms with van der Waals surface area (Å²) in [5.74, 6) is -1.23. The Hall–Kier alpha value is -2.86. The van der Waals surface area contributed by atoms with Crippen LogP contribution in [-0.4, -0.2) is 23.8 Å². The predicted molar refractivity (Wildman–Crippen MR) is 95.8 cm³/mol. The van der Waals surface area contributed by atoms with Crippen LogP contribution in [0.25, 0.3) is 0 Å². The highest BCUT2D eigenvalue weighted by molar-refractivity contribution is 6.31. The minimum atomic E-state index is -0.958. The Balaban J connectivity index is 1.70. The molecule has 1 heterocycles. The molecule has 25 heavy (non-hydrogen) atoms. The molecule has 7 heteroatoms. The quantitative estimate of drug-likeness (QED) is 0.789. The Bertz CT molecular complexity index is 866. The monoisotopic (exact) mass is 357 g/mol. The van der Waals surface area contributed by atoms with E-state index in [4.69, 9.17) is 11.6 Å². The molecule has 1 aliphatic rings. The van der Waals surface area contributed by atoms with Crippen molar-refractivity contribution in [1.29, 1.82) is 0 Å². The lowest BCUT2D eigenvalue weighted by Crippen LogP contribution is -2.43. The first kappa shape index (κ1) is 17.0. The first-order chi connectivity index (χ1) is 11.9. The predicted octanol–water partition coefficient (Wildman–Crippen LogP) is 2.73. The molecule has 0 bridgehead atoms. The van der Waals surface area contributed by atoms with Gasteiger partial charge in [0.15, 0.2) is 0 Å². The molecule has 0 unspecified atom stereocenters. The van der Waals surface area contributed by atoms with E-state index in [-0.39, 0.29) is 6.42 Å². The second kappa shape index (κ2) is 6.94. The van der Waals surface area contributed by atoms with Crippen molar-refractivity contribution in [3.05, 3.63) is 58.6 Å². The van der Waals surface area contributed by atoms with E-state index in [9.17, 15) is 14.4 Å². The van der Waals surface area contributed by atoms with Gasteiger partial charge in [-0.1, -0.05) is 29.8 Å². The molecule has 3 amide bonds. The summed E-state index contributed by atoms with van der Waals surface area (Å²) in [4.78, 5) is 36.7. The van der Waals surface area contributed by atoms with Crippen molar-refractivity contribution in [3.63, 3.8) is 0 Å². The summed E-state index contributed by atoms with van der Waals surface area (Å²) in [6.07, 6.45) is -0.183. The van der Waals surface area contributed by atoms with E-state index in [1.54, 1.807) is 42.5 Å². The van der Waals surface area contributed by atoms with Crippen LogP contribution in [0.15, 0.2) is 42.5 Å². The molecule has 0 aliphatic carbocycles. The van der Waals surface area contributed by atoms with Gasteiger partial charge in [-0.05, 0) is 36.8 Å². The maximum atomic E-state index is 12.3. The molecule has 0 radical (unpaired) electrons. The Kier molecular flexibility index (Phi) is 4.72. The molecule has 0 fully saturated rings. The minimum absolute atomic E-state index is 0.183. The second-order valence-electron chi connectivity index (χ2n) is 5.78. The van der Waals surface area contributed by atoms with E-state index >= 15 is 0 Å². The van der Waals surface area contributed by atoms with E-state index in [1.165, 1.54) is 0 Å². The maximum Gasteiger partial charge on any atom is 0.254 e. The van der Waals surface area contributed by atoms with Crippen LogP contribution in [0.4, 0.5) is 11.4 Å². The van der Waals surface area contributed by atoms with Gasteiger partial charge >= 0.3 is 0 Å². The van der Waals surface area contributed by atoms with Crippen molar-refractivity contribution in [3.8, 4) is 0 Å². The van der Waals surface area contributed by atoms with Crippen LogP contribution < -0.4 is 16.0 Å². The number of fused-ring (bicyclic) bond motifs is 1. The zero-order valence-electron chi connectivity index (χ0n) is 13.4. The lowest BCUT2D eigenvalue weighted by molar-refractivity contribution is -0.122. The number of para-hydroxylation sites is 1. The summed E-state index contributed by atoms with van der Waals surface area (Å²) in [7, 11) is 0. The van der Waals surface area contributed by atoms with Gasteiger partial charge in [-0.25, -0.2) is 0 Å². The van der Waals surface area contributed by atoms with Gasteiger partial charge in [-0.15, -0.1) is 0 Å². The average Bonchev–Trinajstić information content (AvgIpc) is 2.68. The molecule has 2 aromatic rings. The topological polar surface area (TPSA) is 87.3 Å². The number of carbonyl (C=O) groups is 3. The zero-order valence-corrected chi connectivity index (χ0v) is 14.2. The van der Waals surface area contributed by atoms with Crippen molar-refractivity contribution >= 4 is 40.7 Å². The number of aryl methyl sites for hydroxylation is 1. The van der Waals surface area contributed by atoms with E-state index in [0.29, 0.717) is 22.0 Å². The summed E-state index contributed by atoms with van der Waals surface area (Å²) in [6, 6.07) is 10.9. The van der Waals surface area contributed by atoms with Crippen LogP contribution >= 0.6 is 11.6 Å². The van der Waals surface area contributed by atoms with Crippen molar-refractivity contribution in [2.24, 2.45) is 0 Å². The van der Waals surface area contributed by atoms with Gasteiger partial charge in [-0.3, -0.25) is 14.4 Å². The molecule has 0 aromatic heterocycles. The SMILES string of the molecule is Cc1ccc(NC(=O)C[C@H]2NC(=O)c3ccccc3NC2=O)cc1Cl. The van der Waals surface area contributed by atoms with Crippen LogP contribution in [0, 0.1) is 6.92 Å². The van der Waals surface area contributed by atoms with E-state index in [1.807, 2.05) is 6.92 Å². The van der Waals surface area contributed by atoms with Gasteiger partial charge in [0.25, 0.3) is 5.91 Å². The molecule has 3 N–H and O–H groups in total. The molecule has 1 atom stereocenters. The Morgan fingerprint density at radius 2 is 1.96 bits per heavy atom. The summed E-state index contributed by atoms with van der Waals surface area (Å²) < 4.78 is 0. The Labute approximate surface area is 149 Å². The van der Waals surface area contributed by atoms with Crippen molar-refractivity contribution in [2.45, 2.75) is 19.4 Å². The first-order valence-electron chi connectivity index (χ1n) is 7.71. The zero-order chi connectivity index (χ0) is 18.0. The molecule has 2 aromatic carbocycles. The smallest absolute Gasteiger partial charge is 0.254 e. The number of halogens is 1. The largest absolute Gasteiger partial charge is 0.340 e.